The molecule has 1 aromatic heterocycles. The zero-order valence-electron chi connectivity index (χ0n) is 11.9. The number of aryl methyl sites for hydroxylation is 1. The molecular formula is C16H20BrN3. The Balaban J connectivity index is 2.29. The summed E-state index contributed by atoms with van der Waals surface area (Å²) in [5.74, 6) is 0.608. The lowest BCUT2D eigenvalue weighted by atomic mass is 9.98. The van der Waals surface area contributed by atoms with Gasteiger partial charge in [-0.05, 0) is 49.2 Å². The maximum atomic E-state index is 6.04. The van der Waals surface area contributed by atoms with Crippen molar-refractivity contribution in [3.8, 4) is 0 Å². The molecule has 1 unspecified atom stereocenters. The lowest BCUT2D eigenvalue weighted by Gasteiger charge is -2.20. The molecule has 0 bridgehead atoms. The van der Waals surface area contributed by atoms with Gasteiger partial charge < -0.3 is 11.1 Å². The molecule has 0 amide bonds. The van der Waals surface area contributed by atoms with Crippen LogP contribution in [0.5, 0.6) is 0 Å². The maximum absolute atomic E-state index is 6.04. The van der Waals surface area contributed by atoms with E-state index >= 15 is 0 Å². The number of benzene rings is 1. The van der Waals surface area contributed by atoms with E-state index in [1.165, 1.54) is 5.56 Å². The SMILES string of the molecule is CCNC(Cc1cccc(Br)c1)c1cc(C)cnc1N. The molecule has 1 heterocycles. The molecule has 0 saturated heterocycles. The lowest BCUT2D eigenvalue weighted by molar-refractivity contribution is 0.549. The van der Waals surface area contributed by atoms with Crippen molar-refractivity contribution in [1.82, 2.24) is 10.3 Å². The Morgan fingerprint density at radius 1 is 1.35 bits per heavy atom. The molecule has 0 fully saturated rings. The largest absolute Gasteiger partial charge is 0.383 e. The number of hydrogen-bond acceptors (Lipinski definition) is 3. The average Bonchev–Trinajstić information content (AvgIpc) is 2.41. The number of pyridine rings is 1. The Hall–Kier alpha value is -1.39. The Morgan fingerprint density at radius 2 is 2.15 bits per heavy atom. The topological polar surface area (TPSA) is 50.9 Å². The summed E-state index contributed by atoms with van der Waals surface area (Å²) >= 11 is 3.52. The van der Waals surface area contributed by atoms with Crippen LogP contribution in [0.2, 0.25) is 0 Å². The smallest absolute Gasteiger partial charge is 0.128 e. The van der Waals surface area contributed by atoms with Crippen LogP contribution < -0.4 is 11.1 Å². The highest BCUT2D eigenvalue weighted by atomic mass is 79.9. The third kappa shape index (κ3) is 3.81. The summed E-state index contributed by atoms with van der Waals surface area (Å²) in [6.07, 6.45) is 2.70. The van der Waals surface area contributed by atoms with Gasteiger partial charge in [-0.2, -0.15) is 0 Å². The molecule has 0 spiro atoms. The summed E-state index contributed by atoms with van der Waals surface area (Å²) in [6.45, 7) is 5.04. The molecule has 20 heavy (non-hydrogen) atoms. The third-order valence-electron chi connectivity index (χ3n) is 3.24. The number of nitrogen functional groups attached to an aromatic ring is 1. The van der Waals surface area contributed by atoms with Gasteiger partial charge in [0.15, 0.2) is 0 Å². The van der Waals surface area contributed by atoms with Crippen molar-refractivity contribution in [2.45, 2.75) is 26.3 Å². The molecule has 106 valence electrons. The van der Waals surface area contributed by atoms with Crippen LogP contribution in [0.4, 0.5) is 5.82 Å². The van der Waals surface area contributed by atoms with Gasteiger partial charge in [-0.15, -0.1) is 0 Å². The van der Waals surface area contributed by atoms with Crippen LogP contribution in [0, 0.1) is 6.92 Å². The van der Waals surface area contributed by atoms with Gasteiger partial charge in [0.05, 0.1) is 0 Å². The summed E-state index contributed by atoms with van der Waals surface area (Å²) in [5, 5.41) is 3.50. The zero-order chi connectivity index (χ0) is 14.5. The van der Waals surface area contributed by atoms with Crippen molar-refractivity contribution >= 4 is 21.7 Å². The first-order valence-corrected chi connectivity index (χ1v) is 7.59. The summed E-state index contributed by atoms with van der Waals surface area (Å²) < 4.78 is 1.10. The zero-order valence-corrected chi connectivity index (χ0v) is 13.4. The van der Waals surface area contributed by atoms with E-state index in [9.17, 15) is 0 Å². The molecule has 3 N–H and O–H groups in total. The average molecular weight is 334 g/mol. The molecule has 1 atom stereocenters. The van der Waals surface area contributed by atoms with Crippen LogP contribution in [0.1, 0.15) is 29.7 Å². The summed E-state index contributed by atoms with van der Waals surface area (Å²) in [5.41, 5.74) is 9.52. The molecule has 0 radical (unpaired) electrons. The van der Waals surface area contributed by atoms with Crippen molar-refractivity contribution in [2.24, 2.45) is 0 Å². The first-order chi connectivity index (χ1) is 9.60. The number of hydrogen-bond donors (Lipinski definition) is 2. The van der Waals surface area contributed by atoms with E-state index in [0.717, 1.165) is 28.6 Å². The van der Waals surface area contributed by atoms with Gasteiger partial charge in [0.1, 0.15) is 5.82 Å². The Kier molecular flexibility index (Phi) is 5.15. The van der Waals surface area contributed by atoms with Crippen molar-refractivity contribution < 1.29 is 0 Å². The number of nitrogens with one attached hydrogen (secondary N) is 1. The molecular weight excluding hydrogens is 314 g/mol. The van der Waals surface area contributed by atoms with Crippen molar-refractivity contribution in [3.05, 3.63) is 57.7 Å². The van der Waals surface area contributed by atoms with Crippen molar-refractivity contribution in [1.29, 1.82) is 0 Å². The Bertz CT molecular complexity index is 584. The van der Waals surface area contributed by atoms with E-state index in [2.05, 4.69) is 57.4 Å². The number of halogens is 1. The number of anilines is 1. The Labute approximate surface area is 128 Å². The summed E-state index contributed by atoms with van der Waals surface area (Å²) in [4.78, 5) is 4.27. The first kappa shape index (κ1) is 15.0. The second-order valence-corrected chi connectivity index (χ2v) is 5.85. The predicted molar refractivity (Wildman–Crippen MR) is 87.7 cm³/mol. The van der Waals surface area contributed by atoms with Gasteiger partial charge in [-0.1, -0.05) is 35.0 Å². The minimum atomic E-state index is 0.182. The van der Waals surface area contributed by atoms with E-state index in [-0.39, 0.29) is 6.04 Å². The second kappa shape index (κ2) is 6.86. The lowest BCUT2D eigenvalue weighted by Crippen LogP contribution is -2.24. The van der Waals surface area contributed by atoms with Crippen LogP contribution in [-0.4, -0.2) is 11.5 Å². The van der Waals surface area contributed by atoms with Crippen LogP contribution in [0.15, 0.2) is 41.0 Å². The van der Waals surface area contributed by atoms with Crippen LogP contribution in [0.3, 0.4) is 0 Å². The van der Waals surface area contributed by atoms with Crippen molar-refractivity contribution in [3.63, 3.8) is 0 Å². The van der Waals surface area contributed by atoms with Gasteiger partial charge in [-0.25, -0.2) is 4.98 Å². The first-order valence-electron chi connectivity index (χ1n) is 6.80. The molecule has 0 aliphatic carbocycles. The predicted octanol–water partition coefficient (Wildman–Crippen LogP) is 3.63. The fourth-order valence-electron chi connectivity index (χ4n) is 2.32. The maximum Gasteiger partial charge on any atom is 0.128 e. The van der Waals surface area contributed by atoms with Gasteiger partial charge in [0.2, 0.25) is 0 Å². The van der Waals surface area contributed by atoms with Crippen LogP contribution in [-0.2, 0) is 6.42 Å². The van der Waals surface area contributed by atoms with Crippen molar-refractivity contribution in [2.75, 3.05) is 12.3 Å². The molecule has 3 nitrogen and oxygen atoms in total. The normalized spacial score (nSPS) is 12.3. The number of rotatable bonds is 5. The quantitative estimate of drug-likeness (QED) is 0.878. The van der Waals surface area contributed by atoms with E-state index in [0.29, 0.717) is 5.82 Å². The number of aromatic nitrogens is 1. The number of nitrogens with zero attached hydrogens (tertiary/aromatic N) is 1. The highest BCUT2D eigenvalue weighted by Gasteiger charge is 2.15. The molecule has 0 aliphatic heterocycles. The monoisotopic (exact) mass is 333 g/mol. The molecule has 0 saturated carbocycles. The number of likely N-dealkylation sites (N-methyl/N-ethyl adjacent to an activating group) is 1. The Morgan fingerprint density at radius 3 is 2.85 bits per heavy atom. The van der Waals surface area contributed by atoms with E-state index in [4.69, 9.17) is 5.73 Å². The highest BCUT2D eigenvalue weighted by Crippen LogP contribution is 2.24. The fraction of sp³-hybridized carbons (Fsp3) is 0.312. The summed E-state index contributed by atoms with van der Waals surface area (Å²) in [7, 11) is 0. The number of nitrogens with two attached hydrogens (primary N) is 1. The highest BCUT2D eigenvalue weighted by molar-refractivity contribution is 9.10. The summed E-state index contributed by atoms with van der Waals surface area (Å²) in [6, 6.07) is 10.7. The fourth-order valence-corrected chi connectivity index (χ4v) is 2.77. The molecule has 0 aliphatic rings. The van der Waals surface area contributed by atoms with Gasteiger partial charge in [0.25, 0.3) is 0 Å². The minimum absolute atomic E-state index is 0.182. The van der Waals surface area contributed by atoms with Gasteiger partial charge in [0, 0.05) is 22.3 Å². The van der Waals surface area contributed by atoms with E-state index in [1.807, 2.05) is 13.0 Å². The standard InChI is InChI=1S/C16H20BrN3/c1-3-19-15(9-12-5-4-6-13(17)8-12)14-7-11(2)10-20-16(14)18/h4-8,10,15,19H,3,9H2,1-2H3,(H2,18,20). The van der Waals surface area contributed by atoms with Gasteiger partial charge >= 0.3 is 0 Å². The third-order valence-corrected chi connectivity index (χ3v) is 3.73. The van der Waals surface area contributed by atoms with E-state index in [1.54, 1.807) is 6.20 Å². The molecule has 1 aromatic carbocycles. The van der Waals surface area contributed by atoms with Gasteiger partial charge in [-0.3, -0.25) is 0 Å². The molecule has 2 rings (SSSR count). The van der Waals surface area contributed by atoms with E-state index < -0.39 is 0 Å². The van der Waals surface area contributed by atoms with Crippen LogP contribution in [0.25, 0.3) is 0 Å². The molecule has 4 heteroatoms. The molecule has 2 aromatic rings. The second-order valence-electron chi connectivity index (χ2n) is 4.93. The minimum Gasteiger partial charge on any atom is -0.383 e. The van der Waals surface area contributed by atoms with Crippen LogP contribution >= 0.6 is 15.9 Å².